The van der Waals surface area contributed by atoms with Gasteiger partial charge in [-0.1, -0.05) is 0 Å². The number of halogens is 1. The first kappa shape index (κ1) is 19.9. The summed E-state index contributed by atoms with van der Waals surface area (Å²) in [6.07, 6.45) is 6.34. The molecule has 0 bridgehead atoms. The molecule has 2 N–H and O–H groups in total. The molecular formula is C20H23FN6S. The lowest BCUT2D eigenvalue weighted by atomic mass is 10.2. The Morgan fingerprint density at radius 3 is 2.79 bits per heavy atom. The summed E-state index contributed by atoms with van der Waals surface area (Å²) in [7, 11) is 1.75. The van der Waals surface area contributed by atoms with Crippen LogP contribution in [-0.2, 0) is 6.54 Å². The number of aromatic nitrogens is 3. The van der Waals surface area contributed by atoms with Crippen LogP contribution in [0.1, 0.15) is 12.0 Å². The van der Waals surface area contributed by atoms with E-state index in [1.807, 2.05) is 24.4 Å². The van der Waals surface area contributed by atoms with E-state index in [1.165, 1.54) is 12.1 Å². The SMILES string of the molecule is CN=C(NCCCSc1ccc(F)cc1)NCc1ccnc(-n2cccn2)c1. The van der Waals surface area contributed by atoms with Crippen molar-refractivity contribution in [3.05, 3.63) is 72.4 Å². The number of hydrogen-bond donors (Lipinski definition) is 2. The second kappa shape index (κ2) is 10.5. The van der Waals surface area contributed by atoms with Crippen molar-refractivity contribution in [3.8, 4) is 5.82 Å². The van der Waals surface area contributed by atoms with Crippen molar-refractivity contribution >= 4 is 17.7 Å². The number of nitrogens with one attached hydrogen (secondary N) is 2. The predicted molar refractivity (Wildman–Crippen MR) is 111 cm³/mol. The van der Waals surface area contributed by atoms with Gasteiger partial charge in [0.05, 0.1) is 0 Å². The van der Waals surface area contributed by atoms with Crippen molar-refractivity contribution in [1.29, 1.82) is 0 Å². The molecule has 0 aliphatic carbocycles. The van der Waals surface area contributed by atoms with Crippen LogP contribution in [-0.4, -0.2) is 40.1 Å². The Morgan fingerprint density at radius 2 is 2.04 bits per heavy atom. The molecule has 3 aromatic rings. The molecule has 0 saturated heterocycles. The number of nitrogens with zero attached hydrogens (tertiary/aromatic N) is 4. The maximum absolute atomic E-state index is 12.9. The van der Waals surface area contributed by atoms with E-state index >= 15 is 0 Å². The smallest absolute Gasteiger partial charge is 0.191 e. The molecule has 2 heterocycles. The second-order valence-electron chi connectivity index (χ2n) is 5.98. The first-order chi connectivity index (χ1) is 13.7. The molecule has 0 amide bonds. The van der Waals surface area contributed by atoms with Gasteiger partial charge in [0.1, 0.15) is 5.82 Å². The lowest BCUT2D eigenvalue weighted by Gasteiger charge is -2.12. The molecule has 6 nitrogen and oxygen atoms in total. The van der Waals surface area contributed by atoms with Crippen LogP contribution in [0.5, 0.6) is 0 Å². The molecule has 0 radical (unpaired) electrons. The van der Waals surface area contributed by atoms with Gasteiger partial charge in [-0.25, -0.2) is 14.1 Å². The highest BCUT2D eigenvalue weighted by Crippen LogP contribution is 2.18. The molecule has 8 heteroatoms. The zero-order valence-corrected chi connectivity index (χ0v) is 16.5. The molecule has 2 aromatic heterocycles. The largest absolute Gasteiger partial charge is 0.356 e. The van der Waals surface area contributed by atoms with Crippen LogP contribution in [0, 0.1) is 5.82 Å². The number of thioether (sulfide) groups is 1. The maximum Gasteiger partial charge on any atom is 0.191 e. The first-order valence-corrected chi connectivity index (χ1v) is 10.0. The Balaban J connectivity index is 1.39. The minimum Gasteiger partial charge on any atom is -0.356 e. The van der Waals surface area contributed by atoms with E-state index < -0.39 is 0 Å². The monoisotopic (exact) mass is 398 g/mol. The summed E-state index contributed by atoms with van der Waals surface area (Å²) in [5.41, 5.74) is 1.09. The van der Waals surface area contributed by atoms with E-state index in [0.717, 1.165) is 41.0 Å². The molecule has 1 aromatic carbocycles. The van der Waals surface area contributed by atoms with E-state index in [1.54, 1.807) is 48.0 Å². The molecule has 0 saturated carbocycles. The Bertz CT molecular complexity index is 880. The van der Waals surface area contributed by atoms with E-state index in [2.05, 4.69) is 25.7 Å². The fourth-order valence-corrected chi connectivity index (χ4v) is 3.36. The summed E-state index contributed by atoms with van der Waals surface area (Å²) in [4.78, 5) is 9.66. The average Bonchev–Trinajstić information content (AvgIpc) is 3.26. The van der Waals surface area contributed by atoms with E-state index in [4.69, 9.17) is 0 Å². The summed E-state index contributed by atoms with van der Waals surface area (Å²) >= 11 is 1.72. The molecule has 3 rings (SSSR count). The van der Waals surface area contributed by atoms with Crippen molar-refractivity contribution in [2.75, 3.05) is 19.3 Å². The molecule has 0 aliphatic rings. The van der Waals surface area contributed by atoms with Crippen molar-refractivity contribution in [3.63, 3.8) is 0 Å². The van der Waals surface area contributed by atoms with Crippen LogP contribution in [0.25, 0.3) is 5.82 Å². The molecular weight excluding hydrogens is 375 g/mol. The van der Waals surface area contributed by atoms with E-state index in [9.17, 15) is 4.39 Å². The van der Waals surface area contributed by atoms with Crippen LogP contribution in [0.3, 0.4) is 0 Å². The summed E-state index contributed by atoms with van der Waals surface area (Å²) in [6, 6.07) is 12.4. The number of guanidine groups is 1. The Morgan fingerprint density at radius 1 is 1.18 bits per heavy atom. The highest BCUT2D eigenvalue weighted by Gasteiger charge is 2.02. The van der Waals surface area contributed by atoms with Gasteiger partial charge in [-0.2, -0.15) is 5.10 Å². The van der Waals surface area contributed by atoms with Crippen LogP contribution >= 0.6 is 11.8 Å². The number of pyridine rings is 1. The minimum atomic E-state index is -0.202. The highest BCUT2D eigenvalue weighted by molar-refractivity contribution is 7.99. The standard InChI is InChI=1S/C20H23FN6S/c1-22-20(24-9-3-13-28-18-6-4-17(21)5-7-18)25-15-16-8-11-23-19(14-16)27-12-2-10-26-27/h2,4-8,10-12,14H,3,9,13,15H2,1H3,(H2,22,24,25). The number of benzene rings is 1. The fourth-order valence-electron chi connectivity index (χ4n) is 2.51. The highest BCUT2D eigenvalue weighted by atomic mass is 32.2. The van der Waals surface area contributed by atoms with Crippen molar-refractivity contribution in [2.45, 2.75) is 17.9 Å². The first-order valence-electron chi connectivity index (χ1n) is 9.02. The number of rotatable bonds is 8. The topological polar surface area (TPSA) is 67.1 Å². The normalized spacial score (nSPS) is 11.4. The van der Waals surface area contributed by atoms with Gasteiger partial charge in [0.25, 0.3) is 0 Å². The molecule has 146 valence electrons. The van der Waals surface area contributed by atoms with Crippen molar-refractivity contribution in [1.82, 2.24) is 25.4 Å². The quantitative estimate of drug-likeness (QED) is 0.264. The molecule has 0 fully saturated rings. The van der Waals surface area contributed by atoms with Crippen LogP contribution in [0.2, 0.25) is 0 Å². The van der Waals surface area contributed by atoms with Crippen LogP contribution in [0.15, 0.2) is 70.9 Å². The summed E-state index contributed by atoms with van der Waals surface area (Å²) in [6.45, 7) is 1.45. The van der Waals surface area contributed by atoms with Crippen LogP contribution < -0.4 is 10.6 Å². The fraction of sp³-hybridized carbons (Fsp3) is 0.250. The Kier molecular flexibility index (Phi) is 7.43. The van der Waals surface area contributed by atoms with Gasteiger partial charge < -0.3 is 10.6 Å². The van der Waals surface area contributed by atoms with Gasteiger partial charge in [0.2, 0.25) is 0 Å². The molecule has 0 atom stereocenters. The Labute approximate surface area is 168 Å². The van der Waals surface area contributed by atoms with Crippen molar-refractivity contribution < 1.29 is 4.39 Å². The van der Waals surface area contributed by atoms with Gasteiger partial charge in [-0.3, -0.25) is 4.99 Å². The zero-order chi connectivity index (χ0) is 19.6. The van der Waals surface area contributed by atoms with Gasteiger partial charge in [-0.05, 0) is 60.2 Å². The van der Waals surface area contributed by atoms with Crippen LogP contribution in [0.4, 0.5) is 4.39 Å². The summed E-state index contributed by atoms with van der Waals surface area (Å²) < 4.78 is 14.6. The second-order valence-corrected chi connectivity index (χ2v) is 7.15. The van der Waals surface area contributed by atoms with Gasteiger partial charge in [0, 0.05) is 43.6 Å². The molecule has 0 aliphatic heterocycles. The maximum atomic E-state index is 12.9. The van der Waals surface area contributed by atoms with E-state index in [-0.39, 0.29) is 5.82 Å². The molecule has 0 unspecified atom stereocenters. The van der Waals surface area contributed by atoms with Gasteiger partial charge in [-0.15, -0.1) is 11.8 Å². The molecule has 28 heavy (non-hydrogen) atoms. The van der Waals surface area contributed by atoms with Gasteiger partial charge >= 0.3 is 0 Å². The lowest BCUT2D eigenvalue weighted by Crippen LogP contribution is -2.37. The lowest BCUT2D eigenvalue weighted by molar-refractivity contribution is 0.626. The predicted octanol–water partition coefficient (Wildman–Crippen LogP) is 3.25. The third-order valence-electron chi connectivity index (χ3n) is 3.93. The third kappa shape index (κ3) is 6.09. The van der Waals surface area contributed by atoms with Gasteiger partial charge in [0.15, 0.2) is 11.8 Å². The minimum absolute atomic E-state index is 0.202. The number of aliphatic imine (C=N–C) groups is 1. The summed E-state index contributed by atoms with van der Waals surface area (Å²) in [5.74, 6) is 2.29. The van der Waals surface area contributed by atoms with E-state index in [0.29, 0.717) is 6.54 Å². The van der Waals surface area contributed by atoms with Crippen molar-refractivity contribution in [2.24, 2.45) is 4.99 Å². The zero-order valence-electron chi connectivity index (χ0n) is 15.7. The number of hydrogen-bond acceptors (Lipinski definition) is 4. The third-order valence-corrected chi connectivity index (χ3v) is 5.03. The average molecular weight is 399 g/mol. The Hall–Kier alpha value is -2.87. The molecule has 0 spiro atoms. The summed E-state index contributed by atoms with van der Waals surface area (Å²) in [5, 5.41) is 10.8.